The largest absolute Gasteiger partial charge is 0.497 e. The number of hydrogen-bond donors (Lipinski definition) is 1. The maximum atomic E-state index is 12.4. The molecule has 1 amide bonds. The standard InChI is InChI=1S/C17H15N3O3/c1-11-18-17(23-20-11)14-5-3-4-6-15(14)19-16(21)12-7-9-13(22-2)10-8-12/h3-10H,1-2H3,(H,19,21). The van der Waals surface area contributed by atoms with Crippen LogP contribution in [0.25, 0.3) is 11.5 Å². The van der Waals surface area contributed by atoms with E-state index in [-0.39, 0.29) is 5.91 Å². The Morgan fingerprint density at radius 3 is 2.52 bits per heavy atom. The minimum atomic E-state index is -0.226. The zero-order valence-corrected chi connectivity index (χ0v) is 12.7. The third-order valence-corrected chi connectivity index (χ3v) is 3.29. The van der Waals surface area contributed by atoms with Crippen LogP contribution in [0.15, 0.2) is 53.1 Å². The topological polar surface area (TPSA) is 77.2 Å². The number of methoxy groups -OCH3 is 1. The smallest absolute Gasteiger partial charge is 0.260 e. The highest BCUT2D eigenvalue weighted by Crippen LogP contribution is 2.26. The van der Waals surface area contributed by atoms with Crippen LogP contribution in [0.5, 0.6) is 5.75 Å². The van der Waals surface area contributed by atoms with Crippen molar-refractivity contribution in [2.45, 2.75) is 6.92 Å². The van der Waals surface area contributed by atoms with Gasteiger partial charge in [-0.3, -0.25) is 4.79 Å². The molecule has 2 aromatic carbocycles. The van der Waals surface area contributed by atoms with Gasteiger partial charge in [-0.15, -0.1) is 0 Å². The lowest BCUT2D eigenvalue weighted by Crippen LogP contribution is -2.12. The van der Waals surface area contributed by atoms with Crippen LogP contribution in [0.1, 0.15) is 16.2 Å². The van der Waals surface area contributed by atoms with Crippen LogP contribution in [-0.2, 0) is 0 Å². The van der Waals surface area contributed by atoms with Gasteiger partial charge in [0.05, 0.1) is 18.4 Å². The summed E-state index contributed by atoms with van der Waals surface area (Å²) in [6.07, 6.45) is 0. The highest BCUT2D eigenvalue weighted by atomic mass is 16.5. The van der Waals surface area contributed by atoms with Crippen molar-refractivity contribution in [3.05, 3.63) is 59.9 Å². The SMILES string of the molecule is COc1ccc(C(=O)Nc2ccccc2-c2nc(C)no2)cc1. The molecule has 1 aromatic heterocycles. The van der Waals surface area contributed by atoms with E-state index in [1.807, 2.05) is 18.2 Å². The van der Waals surface area contributed by atoms with E-state index in [2.05, 4.69) is 15.5 Å². The van der Waals surface area contributed by atoms with Gasteiger partial charge in [-0.1, -0.05) is 17.3 Å². The first-order valence-corrected chi connectivity index (χ1v) is 7.02. The van der Waals surface area contributed by atoms with Crippen molar-refractivity contribution >= 4 is 11.6 Å². The average Bonchev–Trinajstić information content (AvgIpc) is 3.01. The number of rotatable bonds is 4. The highest BCUT2D eigenvalue weighted by molar-refractivity contribution is 6.06. The first-order valence-electron chi connectivity index (χ1n) is 7.02. The van der Waals surface area contributed by atoms with E-state index < -0.39 is 0 Å². The number of benzene rings is 2. The third kappa shape index (κ3) is 3.21. The Morgan fingerprint density at radius 1 is 1.13 bits per heavy atom. The Labute approximate surface area is 133 Å². The van der Waals surface area contributed by atoms with Gasteiger partial charge < -0.3 is 14.6 Å². The minimum absolute atomic E-state index is 0.226. The van der Waals surface area contributed by atoms with Gasteiger partial charge in [-0.2, -0.15) is 4.98 Å². The van der Waals surface area contributed by atoms with Crippen molar-refractivity contribution in [1.82, 2.24) is 10.1 Å². The maximum absolute atomic E-state index is 12.4. The van der Waals surface area contributed by atoms with Crippen molar-refractivity contribution in [3.8, 4) is 17.2 Å². The molecule has 3 aromatic rings. The molecule has 0 saturated heterocycles. The Kier molecular flexibility index (Phi) is 4.05. The van der Waals surface area contributed by atoms with Crippen molar-refractivity contribution < 1.29 is 14.1 Å². The molecular formula is C17H15N3O3. The van der Waals surface area contributed by atoms with Gasteiger partial charge >= 0.3 is 0 Å². The van der Waals surface area contributed by atoms with E-state index in [0.717, 1.165) is 0 Å². The predicted molar refractivity (Wildman–Crippen MR) is 85.4 cm³/mol. The number of aryl methyl sites for hydroxylation is 1. The lowest BCUT2D eigenvalue weighted by atomic mass is 10.1. The summed E-state index contributed by atoms with van der Waals surface area (Å²) in [5, 5.41) is 6.64. The first kappa shape index (κ1) is 14.8. The van der Waals surface area contributed by atoms with E-state index in [4.69, 9.17) is 9.26 Å². The number of hydrogen-bond acceptors (Lipinski definition) is 5. The molecule has 0 aliphatic carbocycles. The van der Waals surface area contributed by atoms with E-state index in [1.165, 1.54) is 0 Å². The number of ether oxygens (including phenoxy) is 1. The maximum Gasteiger partial charge on any atom is 0.260 e. The molecule has 1 N–H and O–H groups in total. The number of carbonyl (C=O) groups excluding carboxylic acids is 1. The Balaban J connectivity index is 1.86. The van der Waals surface area contributed by atoms with Gasteiger partial charge in [0, 0.05) is 5.56 Å². The second-order valence-electron chi connectivity index (χ2n) is 4.87. The van der Waals surface area contributed by atoms with Crippen LogP contribution in [0.4, 0.5) is 5.69 Å². The fraction of sp³-hybridized carbons (Fsp3) is 0.118. The summed E-state index contributed by atoms with van der Waals surface area (Å²) in [6, 6.07) is 14.2. The predicted octanol–water partition coefficient (Wildman–Crippen LogP) is 3.31. The Morgan fingerprint density at radius 2 is 1.87 bits per heavy atom. The Hall–Kier alpha value is -3.15. The molecule has 0 aliphatic rings. The summed E-state index contributed by atoms with van der Waals surface area (Å²) in [6.45, 7) is 1.74. The molecule has 0 saturated carbocycles. The summed E-state index contributed by atoms with van der Waals surface area (Å²) < 4.78 is 10.3. The van der Waals surface area contributed by atoms with Crippen molar-refractivity contribution in [2.75, 3.05) is 12.4 Å². The van der Waals surface area contributed by atoms with E-state index in [1.54, 1.807) is 44.4 Å². The van der Waals surface area contributed by atoms with Gasteiger partial charge in [-0.25, -0.2) is 0 Å². The van der Waals surface area contributed by atoms with E-state index >= 15 is 0 Å². The van der Waals surface area contributed by atoms with Crippen LogP contribution < -0.4 is 10.1 Å². The van der Waals surface area contributed by atoms with Crippen molar-refractivity contribution in [1.29, 1.82) is 0 Å². The third-order valence-electron chi connectivity index (χ3n) is 3.29. The molecule has 0 fully saturated rings. The number of para-hydroxylation sites is 1. The van der Waals surface area contributed by atoms with Gasteiger partial charge in [0.1, 0.15) is 5.75 Å². The zero-order chi connectivity index (χ0) is 16.2. The summed E-state index contributed by atoms with van der Waals surface area (Å²) in [7, 11) is 1.58. The van der Waals surface area contributed by atoms with E-state index in [0.29, 0.717) is 34.3 Å². The van der Waals surface area contributed by atoms with Gasteiger partial charge in [0.2, 0.25) is 0 Å². The first-order chi connectivity index (χ1) is 11.2. The molecular weight excluding hydrogens is 294 g/mol. The second kappa shape index (κ2) is 6.31. The van der Waals surface area contributed by atoms with Crippen LogP contribution in [-0.4, -0.2) is 23.2 Å². The second-order valence-corrected chi connectivity index (χ2v) is 4.87. The van der Waals surface area contributed by atoms with Crippen molar-refractivity contribution in [3.63, 3.8) is 0 Å². The van der Waals surface area contributed by atoms with Gasteiger partial charge in [-0.05, 0) is 43.3 Å². The molecule has 116 valence electrons. The molecule has 23 heavy (non-hydrogen) atoms. The Bertz CT molecular complexity index is 825. The molecule has 1 heterocycles. The molecule has 0 radical (unpaired) electrons. The molecule has 0 unspecified atom stereocenters. The quantitative estimate of drug-likeness (QED) is 0.800. The fourth-order valence-corrected chi connectivity index (χ4v) is 2.12. The molecule has 6 heteroatoms. The summed E-state index contributed by atoms with van der Waals surface area (Å²) >= 11 is 0. The molecule has 0 aliphatic heterocycles. The highest BCUT2D eigenvalue weighted by Gasteiger charge is 2.14. The van der Waals surface area contributed by atoms with Gasteiger partial charge in [0.25, 0.3) is 11.8 Å². The summed E-state index contributed by atoms with van der Waals surface area (Å²) in [4.78, 5) is 16.6. The molecule has 3 rings (SSSR count). The molecule has 0 bridgehead atoms. The summed E-state index contributed by atoms with van der Waals surface area (Å²) in [5.41, 5.74) is 1.81. The lowest BCUT2D eigenvalue weighted by Gasteiger charge is -2.09. The van der Waals surface area contributed by atoms with Crippen LogP contribution in [0, 0.1) is 6.92 Å². The number of nitrogens with zero attached hydrogens (tertiary/aromatic N) is 2. The number of anilines is 1. The zero-order valence-electron chi connectivity index (χ0n) is 12.7. The lowest BCUT2D eigenvalue weighted by molar-refractivity contribution is 0.102. The molecule has 0 spiro atoms. The van der Waals surface area contributed by atoms with Crippen LogP contribution >= 0.6 is 0 Å². The fourth-order valence-electron chi connectivity index (χ4n) is 2.12. The van der Waals surface area contributed by atoms with Crippen LogP contribution in [0.3, 0.4) is 0 Å². The number of amides is 1. The van der Waals surface area contributed by atoms with Crippen molar-refractivity contribution in [2.24, 2.45) is 0 Å². The summed E-state index contributed by atoms with van der Waals surface area (Å²) in [5.74, 6) is 1.38. The van der Waals surface area contributed by atoms with Crippen LogP contribution in [0.2, 0.25) is 0 Å². The molecule has 6 nitrogen and oxygen atoms in total. The normalized spacial score (nSPS) is 10.3. The average molecular weight is 309 g/mol. The number of aromatic nitrogens is 2. The number of carbonyl (C=O) groups is 1. The monoisotopic (exact) mass is 309 g/mol. The van der Waals surface area contributed by atoms with Gasteiger partial charge in [0.15, 0.2) is 5.82 Å². The minimum Gasteiger partial charge on any atom is -0.497 e. The van der Waals surface area contributed by atoms with E-state index in [9.17, 15) is 4.79 Å². The number of nitrogens with one attached hydrogen (secondary N) is 1. The molecule has 0 atom stereocenters.